The Morgan fingerprint density at radius 1 is 0.508 bits per heavy atom. The number of nitrogens with one attached hydrogen (secondary N) is 5. The smallest absolute Gasteiger partial charge is 0.407 e. The number of piperidine rings is 2. The Balaban J connectivity index is 0.00000458. The molecule has 0 spiro atoms. The summed E-state index contributed by atoms with van der Waals surface area (Å²) < 4.78 is 22.2. The Kier molecular flexibility index (Phi) is 16.4. The minimum atomic E-state index is -0.728. The zero-order valence-corrected chi connectivity index (χ0v) is 37.4. The van der Waals surface area contributed by atoms with E-state index in [9.17, 15) is 19.2 Å². The molecule has 4 unspecified atom stereocenters. The van der Waals surface area contributed by atoms with Crippen molar-refractivity contribution < 1.29 is 38.1 Å². The van der Waals surface area contributed by atoms with Gasteiger partial charge in [-0.3, -0.25) is 0 Å². The number of rotatable bonds is 8. The molecule has 18 heteroatoms. The number of anilines is 4. The van der Waals surface area contributed by atoms with Gasteiger partial charge in [-0.15, -0.1) is 0 Å². The molecular weight excluding hydrogens is 761 g/mol. The third-order valence-corrected chi connectivity index (χ3v) is 7.99. The van der Waals surface area contributed by atoms with Gasteiger partial charge in [-0.25, -0.2) is 19.2 Å². The van der Waals surface area contributed by atoms with Crippen LogP contribution in [0.25, 0.3) is 0 Å². The van der Waals surface area contributed by atoms with E-state index in [0.29, 0.717) is 12.8 Å². The second-order valence-electron chi connectivity index (χ2n) is 18.4. The number of hydrogen-bond acceptors (Lipinski definition) is 14. The third kappa shape index (κ3) is 18.0. The van der Waals surface area contributed by atoms with Gasteiger partial charge in [-0.2, -0.15) is 15.0 Å². The van der Waals surface area contributed by atoms with Crippen molar-refractivity contribution in [1.82, 2.24) is 36.2 Å². The lowest BCUT2D eigenvalue weighted by atomic mass is 10.0. The van der Waals surface area contributed by atoms with Crippen LogP contribution in [0.3, 0.4) is 0 Å². The Morgan fingerprint density at radius 2 is 0.797 bits per heavy atom. The van der Waals surface area contributed by atoms with Crippen LogP contribution < -0.4 is 36.4 Å². The number of nitrogens with zero attached hydrogens (tertiary/aromatic N) is 5. The van der Waals surface area contributed by atoms with Crippen LogP contribution in [0.5, 0.6) is 0 Å². The molecule has 2 aliphatic heterocycles. The summed E-state index contributed by atoms with van der Waals surface area (Å²) in [6.07, 6.45) is -1.65. The summed E-state index contributed by atoms with van der Waals surface area (Å²) in [6, 6.07) is 7.43. The van der Waals surface area contributed by atoms with Gasteiger partial charge >= 0.3 is 24.4 Å². The summed E-state index contributed by atoms with van der Waals surface area (Å²) in [6.45, 7) is 26.4. The van der Waals surface area contributed by atoms with Crippen molar-refractivity contribution in [2.75, 3.05) is 41.3 Å². The predicted octanol–water partition coefficient (Wildman–Crippen LogP) is 6.63. The Labute approximate surface area is 349 Å². The number of carbonyl (C=O) groups is 4. The molecule has 1 aromatic carbocycles. The summed E-state index contributed by atoms with van der Waals surface area (Å²) in [5.74, 6) is 0.729. The van der Waals surface area contributed by atoms with Crippen LogP contribution in [-0.4, -0.2) is 112 Å². The first-order valence-electron chi connectivity index (χ1n) is 20.3. The normalized spacial score (nSPS) is 19.8. The van der Waals surface area contributed by atoms with Crippen LogP contribution in [0.15, 0.2) is 30.3 Å². The van der Waals surface area contributed by atoms with Gasteiger partial charge in [-0.1, -0.05) is 32.0 Å². The minimum absolute atomic E-state index is 0.221. The van der Waals surface area contributed by atoms with E-state index in [1.54, 1.807) is 83.1 Å². The van der Waals surface area contributed by atoms with Gasteiger partial charge in [0.15, 0.2) is 0 Å². The molecule has 330 valence electrons. The highest BCUT2D eigenvalue weighted by Gasteiger charge is 2.36. The third-order valence-electron chi connectivity index (χ3n) is 7.99. The molecule has 0 bridgehead atoms. The Bertz CT molecular complexity index is 1530. The summed E-state index contributed by atoms with van der Waals surface area (Å²) in [4.78, 5) is 70.1. The first-order chi connectivity index (χ1) is 27.3. The number of aromatic nitrogens is 3. The van der Waals surface area contributed by atoms with Gasteiger partial charge in [0, 0.05) is 31.9 Å². The molecule has 4 rings (SSSR count). The zero-order valence-electron chi connectivity index (χ0n) is 37.4. The molecule has 59 heavy (non-hydrogen) atoms. The van der Waals surface area contributed by atoms with Crippen molar-refractivity contribution in [3.8, 4) is 0 Å². The minimum Gasteiger partial charge on any atom is -0.444 e. The van der Waals surface area contributed by atoms with Crippen molar-refractivity contribution in [3.63, 3.8) is 0 Å². The van der Waals surface area contributed by atoms with E-state index in [0.717, 1.165) is 5.69 Å². The fraction of sp³-hybridized carbons (Fsp3) is 0.683. The van der Waals surface area contributed by atoms with Crippen molar-refractivity contribution in [1.29, 1.82) is 0 Å². The van der Waals surface area contributed by atoms with Crippen molar-refractivity contribution in [3.05, 3.63) is 30.3 Å². The highest BCUT2D eigenvalue weighted by Crippen LogP contribution is 2.26. The molecule has 3 heterocycles. The lowest BCUT2D eigenvalue weighted by molar-refractivity contribution is 0.0452. The standard InChI is InChI=1S/C39H62N10O8.C2H6/c1-36(2,3)54-32(50)41-25-18-26(42-33(51)55-37(4,5)6)21-48(20-25)30-45-29(40-24-16-14-13-15-17-24)46-31(47-30)49-22-27(43-34(52)56-38(7,8)9)19-28(23-49)44-35(53)57-39(10,11)12;1-2/h13-17,25-28H,18-23H2,1-12H3,(H,41,50)(H,42,51)(H,43,52)(H,44,53)(H,40,45,46,47);1-2H3. The van der Waals surface area contributed by atoms with Crippen LogP contribution in [0.4, 0.5) is 42.7 Å². The lowest BCUT2D eigenvalue weighted by Gasteiger charge is -2.40. The first kappa shape index (κ1) is 48.1. The molecule has 2 aromatic rings. The molecular formula is C41H68N10O8. The number of benzene rings is 1. The SMILES string of the molecule is CC.CC(C)(C)OC(=O)NC1CC(NC(=O)OC(C)(C)C)CN(c2nc(Nc3ccccc3)nc(N3CC(NC(=O)OC(C)(C)C)CC(NC(=O)OC(C)(C)C)C3)n2)C1. The average Bonchev–Trinajstić information content (AvgIpc) is 3.05. The van der Waals surface area contributed by atoms with E-state index in [1.165, 1.54) is 0 Å². The van der Waals surface area contributed by atoms with Crippen molar-refractivity contribution in [2.45, 2.75) is 156 Å². The van der Waals surface area contributed by atoms with Crippen LogP contribution in [-0.2, 0) is 18.9 Å². The first-order valence-corrected chi connectivity index (χ1v) is 20.3. The van der Waals surface area contributed by atoms with Gasteiger partial charge in [0.2, 0.25) is 17.8 Å². The highest BCUT2D eigenvalue weighted by molar-refractivity contribution is 5.70. The van der Waals surface area contributed by atoms with E-state index < -0.39 is 70.9 Å². The number of carbonyl (C=O) groups excluding carboxylic acids is 4. The Morgan fingerprint density at radius 3 is 1.07 bits per heavy atom. The second-order valence-corrected chi connectivity index (χ2v) is 18.4. The molecule has 4 atom stereocenters. The predicted molar refractivity (Wildman–Crippen MR) is 227 cm³/mol. The van der Waals surface area contributed by atoms with E-state index in [2.05, 4.69) is 26.6 Å². The molecule has 0 radical (unpaired) electrons. The molecule has 0 saturated carbocycles. The summed E-state index contributed by atoms with van der Waals surface area (Å²) in [5.41, 5.74) is -2.19. The maximum Gasteiger partial charge on any atom is 0.407 e. The number of amides is 4. The van der Waals surface area contributed by atoms with Crippen molar-refractivity contribution >= 4 is 47.9 Å². The molecule has 0 aliphatic carbocycles. The van der Waals surface area contributed by atoms with Gasteiger partial charge < -0.3 is 55.3 Å². The average molecular weight is 829 g/mol. The van der Waals surface area contributed by atoms with Crippen LogP contribution in [0.1, 0.15) is 110 Å². The number of para-hydroxylation sites is 1. The largest absolute Gasteiger partial charge is 0.444 e. The fourth-order valence-corrected chi connectivity index (χ4v) is 6.18. The summed E-state index contributed by atoms with van der Waals surface area (Å²) in [5, 5.41) is 15.0. The van der Waals surface area contributed by atoms with Crippen LogP contribution in [0.2, 0.25) is 0 Å². The number of hydrogen-bond donors (Lipinski definition) is 5. The highest BCUT2D eigenvalue weighted by atomic mass is 16.6. The van der Waals surface area contributed by atoms with Crippen LogP contribution in [0, 0.1) is 0 Å². The molecule has 2 fully saturated rings. The van der Waals surface area contributed by atoms with E-state index in [1.807, 2.05) is 54.0 Å². The van der Waals surface area contributed by atoms with Gasteiger partial charge in [0.1, 0.15) is 22.4 Å². The quantitative estimate of drug-likeness (QED) is 0.177. The molecule has 18 nitrogen and oxygen atoms in total. The summed E-state index contributed by atoms with van der Waals surface area (Å²) >= 11 is 0. The molecule has 2 saturated heterocycles. The molecule has 5 N–H and O–H groups in total. The van der Waals surface area contributed by atoms with E-state index >= 15 is 0 Å². The number of ether oxygens (including phenoxy) is 4. The zero-order chi connectivity index (χ0) is 44.3. The second kappa shape index (κ2) is 20.1. The maximum absolute atomic E-state index is 13.0. The van der Waals surface area contributed by atoms with E-state index in [4.69, 9.17) is 33.9 Å². The van der Waals surface area contributed by atoms with Gasteiger partial charge in [0.05, 0.1) is 24.2 Å². The van der Waals surface area contributed by atoms with Crippen LogP contribution >= 0.6 is 0 Å². The van der Waals surface area contributed by atoms with Crippen molar-refractivity contribution in [2.24, 2.45) is 0 Å². The molecule has 1 aromatic heterocycles. The topological polar surface area (TPSA) is 210 Å². The number of alkyl carbamates (subject to hydrolysis) is 4. The Hall–Kier alpha value is -5.29. The maximum atomic E-state index is 13.0. The molecule has 4 amide bonds. The van der Waals surface area contributed by atoms with Gasteiger partial charge in [-0.05, 0) is 108 Å². The monoisotopic (exact) mass is 829 g/mol. The summed E-state index contributed by atoms with van der Waals surface area (Å²) in [7, 11) is 0. The van der Waals surface area contributed by atoms with Gasteiger partial charge in [0.25, 0.3) is 0 Å². The molecule has 2 aliphatic rings. The van der Waals surface area contributed by atoms with E-state index in [-0.39, 0.29) is 44.0 Å². The lowest BCUT2D eigenvalue weighted by Crippen LogP contribution is -2.59. The fourth-order valence-electron chi connectivity index (χ4n) is 6.18.